The molecule has 4 nitrogen and oxygen atoms in total. The second kappa shape index (κ2) is 6.81. The summed E-state index contributed by atoms with van der Waals surface area (Å²) in [7, 11) is 1.48. The molecule has 0 saturated carbocycles. The summed E-state index contributed by atoms with van der Waals surface area (Å²) in [6.07, 6.45) is 2.97. The van der Waals surface area contributed by atoms with Gasteiger partial charge in [0.05, 0.1) is 7.11 Å². The highest BCUT2D eigenvalue weighted by Gasteiger charge is 2.02. The van der Waals surface area contributed by atoms with Crippen LogP contribution in [0, 0.1) is 0 Å². The Balaban J connectivity index is 2.03. The lowest BCUT2D eigenvalue weighted by atomic mass is 10.2. The SMILES string of the molecule is COc1ccc(/C=C/C(=O)Nc2cccc(Cl)c2)cc1O. The standard InChI is InChI=1S/C16H14ClNO3/c1-21-15-7-5-11(9-14(15)19)6-8-16(20)18-13-4-2-3-12(17)10-13/h2-10,19H,1H3,(H,18,20)/b8-6+. The van der Waals surface area contributed by atoms with Gasteiger partial charge < -0.3 is 15.2 Å². The number of aromatic hydroxyl groups is 1. The van der Waals surface area contributed by atoms with Crippen LogP contribution in [0.3, 0.4) is 0 Å². The van der Waals surface area contributed by atoms with Crippen molar-refractivity contribution in [1.82, 2.24) is 0 Å². The molecule has 2 N–H and O–H groups in total. The summed E-state index contributed by atoms with van der Waals surface area (Å²) in [4.78, 5) is 11.8. The highest BCUT2D eigenvalue weighted by Crippen LogP contribution is 2.26. The normalized spacial score (nSPS) is 10.6. The van der Waals surface area contributed by atoms with Crippen LogP contribution in [0.15, 0.2) is 48.5 Å². The minimum Gasteiger partial charge on any atom is -0.504 e. The molecule has 0 aliphatic carbocycles. The highest BCUT2D eigenvalue weighted by atomic mass is 35.5. The summed E-state index contributed by atoms with van der Waals surface area (Å²) in [6, 6.07) is 11.8. The zero-order chi connectivity index (χ0) is 15.2. The molecule has 5 heteroatoms. The third-order valence-corrected chi connectivity index (χ3v) is 2.96. The third-order valence-electron chi connectivity index (χ3n) is 2.72. The molecule has 0 bridgehead atoms. The second-order valence-corrected chi connectivity index (χ2v) is 4.70. The van der Waals surface area contributed by atoms with Crippen LogP contribution in [0.2, 0.25) is 5.02 Å². The van der Waals surface area contributed by atoms with Crippen molar-refractivity contribution in [1.29, 1.82) is 0 Å². The van der Waals surface area contributed by atoms with Crippen LogP contribution in [-0.4, -0.2) is 18.1 Å². The van der Waals surface area contributed by atoms with E-state index in [1.807, 2.05) is 0 Å². The first-order chi connectivity index (χ1) is 10.1. The number of phenols is 1. The number of hydrogen-bond donors (Lipinski definition) is 2. The van der Waals surface area contributed by atoms with E-state index in [9.17, 15) is 9.90 Å². The van der Waals surface area contributed by atoms with E-state index in [0.29, 0.717) is 22.0 Å². The zero-order valence-electron chi connectivity index (χ0n) is 11.3. The fourth-order valence-electron chi connectivity index (χ4n) is 1.73. The lowest BCUT2D eigenvalue weighted by molar-refractivity contribution is -0.111. The molecule has 0 radical (unpaired) electrons. The van der Waals surface area contributed by atoms with Crippen molar-refractivity contribution in [3.63, 3.8) is 0 Å². The van der Waals surface area contributed by atoms with Gasteiger partial charge >= 0.3 is 0 Å². The predicted octanol–water partition coefficient (Wildman–Crippen LogP) is 3.71. The van der Waals surface area contributed by atoms with Crippen molar-refractivity contribution in [3.05, 3.63) is 59.1 Å². The second-order valence-electron chi connectivity index (χ2n) is 4.26. The van der Waals surface area contributed by atoms with E-state index in [0.717, 1.165) is 0 Å². The first kappa shape index (κ1) is 14.9. The molecule has 1 amide bonds. The Kier molecular flexibility index (Phi) is 4.85. The smallest absolute Gasteiger partial charge is 0.248 e. The van der Waals surface area contributed by atoms with Gasteiger partial charge in [0.2, 0.25) is 5.91 Å². The summed E-state index contributed by atoms with van der Waals surface area (Å²) in [5.41, 5.74) is 1.31. The largest absolute Gasteiger partial charge is 0.504 e. The number of halogens is 1. The number of phenolic OH excluding ortho intramolecular Hbond substituents is 1. The molecule has 108 valence electrons. The topological polar surface area (TPSA) is 58.6 Å². The minimum absolute atomic E-state index is 0.0231. The molecule has 21 heavy (non-hydrogen) atoms. The average Bonchev–Trinajstić information content (AvgIpc) is 2.45. The van der Waals surface area contributed by atoms with Crippen molar-refractivity contribution >= 4 is 29.3 Å². The Labute approximate surface area is 127 Å². The van der Waals surface area contributed by atoms with E-state index in [-0.39, 0.29) is 11.7 Å². The van der Waals surface area contributed by atoms with Crippen molar-refractivity contribution in [3.8, 4) is 11.5 Å². The number of carbonyl (C=O) groups excluding carboxylic acids is 1. The molecule has 0 spiro atoms. The number of amides is 1. The van der Waals surface area contributed by atoms with E-state index >= 15 is 0 Å². The van der Waals surface area contributed by atoms with E-state index < -0.39 is 0 Å². The van der Waals surface area contributed by atoms with Crippen molar-refractivity contribution in [2.75, 3.05) is 12.4 Å². The molecule has 2 aromatic rings. The summed E-state index contributed by atoms with van der Waals surface area (Å²) >= 11 is 5.84. The number of methoxy groups -OCH3 is 1. The van der Waals surface area contributed by atoms with Crippen LogP contribution in [0.25, 0.3) is 6.08 Å². The van der Waals surface area contributed by atoms with Crippen molar-refractivity contribution in [2.24, 2.45) is 0 Å². The molecule has 0 heterocycles. The number of rotatable bonds is 4. The van der Waals surface area contributed by atoms with Crippen LogP contribution in [-0.2, 0) is 4.79 Å². The summed E-state index contributed by atoms with van der Waals surface area (Å²) < 4.78 is 4.95. The van der Waals surface area contributed by atoms with Crippen LogP contribution in [0.5, 0.6) is 11.5 Å². The van der Waals surface area contributed by atoms with E-state index in [1.54, 1.807) is 42.5 Å². The molecular weight excluding hydrogens is 290 g/mol. The Morgan fingerprint density at radius 2 is 2.10 bits per heavy atom. The minimum atomic E-state index is -0.285. The first-order valence-corrected chi connectivity index (χ1v) is 6.58. The van der Waals surface area contributed by atoms with Gasteiger partial charge in [-0.1, -0.05) is 23.7 Å². The monoisotopic (exact) mass is 303 g/mol. The average molecular weight is 304 g/mol. The summed E-state index contributed by atoms with van der Waals surface area (Å²) in [6.45, 7) is 0. The van der Waals surface area contributed by atoms with E-state index in [1.165, 1.54) is 19.3 Å². The Morgan fingerprint density at radius 3 is 2.76 bits per heavy atom. The van der Waals surface area contributed by atoms with Crippen molar-refractivity contribution < 1.29 is 14.6 Å². The van der Waals surface area contributed by atoms with Gasteiger partial charge in [-0.25, -0.2) is 0 Å². The van der Waals surface area contributed by atoms with Gasteiger partial charge in [0, 0.05) is 16.8 Å². The Bertz CT molecular complexity index is 683. The molecule has 0 atom stereocenters. The maximum Gasteiger partial charge on any atom is 0.248 e. The molecule has 0 fully saturated rings. The van der Waals surface area contributed by atoms with Gasteiger partial charge in [0.25, 0.3) is 0 Å². The van der Waals surface area contributed by atoms with Gasteiger partial charge in [0.15, 0.2) is 11.5 Å². The Hall–Kier alpha value is -2.46. The molecule has 0 saturated heterocycles. The van der Waals surface area contributed by atoms with Gasteiger partial charge in [-0.2, -0.15) is 0 Å². The molecule has 2 aromatic carbocycles. The Morgan fingerprint density at radius 1 is 1.29 bits per heavy atom. The molecule has 0 unspecified atom stereocenters. The lowest BCUT2D eigenvalue weighted by Crippen LogP contribution is -2.07. The molecular formula is C16H14ClNO3. The molecule has 2 rings (SSSR count). The van der Waals surface area contributed by atoms with E-state index in [4.69, 9.17) is 16.3 Å². The fourth-order valence-corrected chi connectivity index (χ4v) is 1.92. The van der Waals surface area contributed by atoms with Gasteiger partial charge in [-0.15, -0.1) is 0 Å². The van der Waals surface area contributed by atoms with Gasteiger partial charge in [-0.3, -0.25) is 4.79 Å². The lowest BCUT2D eigenvalue weighted by Gasteiger charge is -2.04. The maximum atomic E-state index is 11.8. The molecule has 0 aromatic heterocycles. The third kappa shape index (κ3) is 4.26. The van der Waals surface area contributed by atoms with Crippen molar-refractivity contribution in [2.45, 2.75) is 0 Å². The number of ether oxygens (including phenoxy) is 1. The maximum absolute atomic E-state index is 11.8. The number of carbonyl (C=O) groups is 1. The van der Waals surface area contributed by atoms with Crippen LogP contribution >= 0.6 is 11.6 Å². The van der Waals surface area contributed by atoms with Gasteiger partial charge in [-0.05, 0) is 42.0 Å². The molecule has 0 aliphatic rings. The summed E-state index contributed by atoms with van der Waals surface area (Å²) in [5, 5.41) is 12.9. The van der Waals surface area contributed by atoms with Crippen LogP contribution in [0.4, 0.5) is 5.69 Å². The number of hydrogen-bond acceptors (Lipinski definition) is 3. The number of nitrogens with one attached hydrogen (secondary N) is 1. The van der Waals surface area contributed by atoms with Crippen LogP contribution in [0.1, 0.15) is 5.56 Å². The predicted molar refractivity (Wildman–Crippen MR) is 83.8 cm³/mol. The summed E-state index contributed by atoms with van der Waals surface area (Å²) in [5.74, 6) is 0.123. The molecule has 0 aliphatic heterocycles. The van der Waals surface area contributed by atoms with Crippen LogP contribution < -0.4 is 10.1 Å². The fraction of sp³-hybridized carbons (Fsp3) is 0.0625. The first-order valence-electron chi connectivity index (χ1n) is 6.20. The van der Waals surface area contributed by atoms with E-state index in [2.05, 4.69) is 5.32 Å². The quantitative estimate of drug-likeness (QED) is 0.847. The number of anilines is 1. The highest BCUT2D eigenvalue weighted by molar-refractivity contribution is 6.30. The number of benzene rings is 2. The van der Waals surface area contributed by atoms with Gasteiger partial charge in [0.1, 0.15) is 0 Å². The zero-order valence-corrected chi connectivity index (χ0v) is 12.1.